The zero-order chi connectivity index (χ0) is 22.9. The summed E-state index contributed by atoms with van der Waals surface area (Å²) in [6.45, 7) is 4.45. The average molecular weight is 439 g/mol. The summed E-state index contributed by atoms with van der Waals surface area (Å²) < 4.78 is 13.4. The number of rotatable bonds is 6. The van der Waals surface area contributed by atoms with Gasteiger partial charge in [-0.25, -0.2) is 9.37 Å². The second kappa shape index (κ2) is 8.71. The molecule has 1 unspecified atom stereocenters. The number of fused-ring (bicyclic) bond motifs is 1. The topological polar surface area (TPSA) is 123 Å². The Labute approximate surface area is 186 Å². The second-order valence-corrected chi connectivity index (χ2v) is 9.02. The van der Waals surface area contributed by atoms with Gasteiger partial charge in [-0.15, -0.1) is 0 Å². The molecule has 4 rings (SSSR count). The number of amides is 1. The van der Waals surface area contributed by atoms with Crippen molar-refractivity contribution in [2.24, 2.45) is 5.41 Å². The summed E-state index contributed by atoms with van der Waals surface area (Å²) in [5.74, 6) is -0.148. The largest absolute Gasteiger partial charge is 0.392 e. The van der Waals surface area contributed by atoms with Gasteiger partial charge in [0.05, 0.1) is 18.2 Å². The summed E-state index contributed by atoms with van der Waals surface area (Å²) in [5, 5.41) is 29.0. The van der Waals surface area contributed by atoms with Crippen molar-refractivity contribution in [1.29, 1.82) is 5.26 Å². The summed E-state index contributed by atoms with van der Waals surface area (Å²) >= 11 is 0. The molecule has 8 nitrogen and oxygen atoms in total. The van der Waals surface area contributed by atoms with Crippen LogP contribution >= 0.6 is 0 Å². The summed E-state index contributed by atoms with van der Waals surface area (Å²) in [4.78, 5) is 21.0. The summed E-state index contributed by atoms with van der Waals surface area (Å²) in [5.41, 5.74) is 1.27. The Kier molecular flexibility index (Phi) is 5.98. The fourth-order valence-electron chi connectivity index (χ4n) is 4.49. The van der Waals surface area contributed by atoms with Crippen molar-refractivity contribution in [3.05, 3.63) is 41.3 Å². The standard InChI is InChI=1S/C23H27FN6O2/c1-23(2)18(4-3-5-19(23)31)29-20-13(11-25)12-27-22(30-20)26-9-8-16-15-7-6-14(24)10-17(15)28-21(16)32/h6-7,10,12,16,18-19,31H,3-5,8-9H2,1-2H3,(H,28,32)(H2,26,27,29,30)/t16?,18-,19+/m0/s1. The van der Waals surface area contributed by atoms with Crippen LogP contribution in [0.4, 0.5) is 21.8 Å². The minimum absolute atomic E-state index is 0.0276. The molecule has 1 aromatic carbocycles. The minimum Gasteiger partial charge on any atom is -0.392 e. The highest BCUT2D eigenvalue weighted by Gasteiger charge is 2.40. The van der Waals surface area contributed by atoms with Gasteiger partial charge in [-0.3, -0.25) is 4.79 Å². The van der Waals surface area contributed by atoms with Crippen LogP contribution in [0.3, 0.4) is 0 Å². The number of anilines is 3. The molecule has 1 aliphatic heterocycles. The number of carbonyl (C=O) groups is 1. The van der Waals surface area contributed by atoms with E-state index in [1.165, 1.54) is 18.3 Å². The van der Waals surface area contributed by atoms with Gasteiger partial charge in [-0.1, -0.05) is 19.9 Å². The molecule has 0 spiro atoms. The van der Waals surface area contributed by atoms with E-state index in [0.29, 0.717) is 36.0 Å². The van der Waals surface area contributed by atoms with Gasteiger partial charge in [0.15, 0.2) is 0 Å². The first-order chi connectivity index (χ1) is 15.3. The molecule has 0 bridgehead atoms. The normalized spacial score (nSPS) is 23.7. The number of halogens is 1. The Balaban J connectivity index is 1.43. The van der Waals surface area contributed by atoms with Gasteiger partial charge >= 0.3 is 0 Å². The molecule has 1 saturated carbocycles. The SMILES string of the molecule is CC1(C)[C@H](O)CCC[C@@H]1Nc1nc(NCCC2C(=O)Nc3cc(F)ccc32)ncc1C#N. The first-order valence-electron chi connectivity index (χ1n) is 10.9. The van der Waals surface area contributed by atoms with Crippen LogP contribution in [-0.2, 0) is 4.79 Å². The van der Waals surface area contributed by atoms with Gasteiger partial charge in [0.25, 0.3) is 0 Å². The van der Waals surface area contributed by atoms with Gasteiger partial charge < -0.3 is 21.1 Å². The molecule has 0 saturated heterocycles. The minimum atomic E-state index is -0.423. The van der Waals surface area contributed by atoms with E-state index in [9.17, 15) is 19.6 Å². The van der Waals surface area contributed by atoms with Gasteiger partial charge in [0.2, 0.25) is 11.9 Å². The van der Waals surface area contributed by atoms with Crippen molar-refractivity contribution >= 4 is 23.4 Å². The molecule has 2 aromatic rings. The number of carbonyl (C=O) groups excluding carboxylic acids is 1. The fourth-order valence-corrected chi connectivity index (χ4v) is 4.49. The van der Waals surface area contributed by atoms with Crippen LogP contribution in [0.25, 0.3) is 0 Å². The lowest BCUT2D eigenvalue weighted by atomic mass is 9.71. The molecular formula is C23H27FN6O2. The lowest BCUT2D eigenvalue weighted by Gasteiger charge is -2.43. The highest BCUT2D eigenvalue weighted by molar-refractivity contribution is 6.02. The van der Waals surface area contributed by atoms with Crippen LogP contribution in [0.15, 0.2) is 24.4 Å². The molecule has 9 heteroatoms. The quantitative estimate of drug-likeness (QED) is 0.545. The Bertz CT molecular complexity index is 1070. The van der Waals surface area contributed by atoms with E-state index in [-0.39, 0.29) is 29.1 Å². The zero-order valence-corrected chi connectivity index (χ0v) is 18.2. The molecule has 1 amide bonds. The monoisotopic (exact) mass is 438 g/mol. The predicted molar refractivity (Wildman–Crippen MR) is 119 cm³/mol. The highest BCUT2D eigenvalue weighted by atomic mass is 19.1. The van der Waals surface area contributed by atoms with Crippen molar-refractivity contribution in [2.45, 2.75) is 57.6 Å². The third-order valence-electron chi connectivity index (χ3n) is 6.63. The zero-order valence-electron chi connectivity index (χ0n) is 18.2. The van der Waals surface area contributed by atoms with Crippen molar-refractivity contribution in [1.82, 2.24) is 9.97 Å². The number of nitrogens with zero attached hydrogens (tertiary/aromatic N) is 3. The van der Waals surface area contributed by atoms with Crippen LogP contribution < -0.4 is 16.0 Å². The molecule has 32 heavy (non-hydrogen) atoms. The number of aromatic nitrogens is 2. The van der Waals surface area contributed by atoms with Crippen molar-refractivity contribution in [2.75, 3.05) is 22.5 Å². The third-order valence-corrected chi connectivity index (χ3v) is 6.63. The number of hydrogen-bond acceptors (Lipinski definition) is 7. The Morgan fingerprint density at radius 3 is 2.97 bits per heavy atom. The Hall–Kier alpha value is -3.25. The molecule has 1 fully saturated rings. The molecule has 2 aliphatic rings. The van der Waals surface area contributed by atoms with Crippen LogP contribution in [0.5, 0.6) is 0 Å². The van der Waals surface area contributed by atoms with Crippen molar-refractivity contribution < 1.29 is 14.3 Å². The third kappa shape index (κ3) is 4.23. The van der Waals surface area contributed by atoms with Gasteiger partial charge in [-0.2, -0.15) is 10.2 Å². The maximum atomic E-state index is 13.4. The Morgan fingerprint density at radius 1 is 1.38 bits per heavy atom. The first-order valence-corrected chi connectivity index (χ1v) is 10.9. The van der Waals surface area contributed by atoms with E-state index >= 15 is 0 Å². The van der Waals surface area contributed by atoms with E-state index in [0.717, 1.165) is 24.8 Å². The maximum Gasteiger partial charge on any atom is 0.232 e. The first kappa shape index (κ1) is 22.0. The van der Waals surface area contributed by atoms with Crippen molar-refractivity contribution in [3.63, 3.8) is 0 Å². The van der Waals surface area contributed by atoms with Gasteiger partial charge in [0, 0.05) is 23.7 Å². The van der Waals surface area contributed by atoms with Crippen molar-refractivity contribution in [3.8, 4) is 6.07 Å². The number of benzene rings is 1. The van der Waals surface area contributed by atoms with Crippen LogP contribution in [0.1, 0.15) is 56.6 Å². The number of hydrogen-bond donors (Lipinski definition) is 4. The molecule has 4 N–H and O–H groups in total. The van der Waals surface area contributed by atoms with Crippen LogP contribution in [0.2, 0.25) is 0 Å². The number of aliphatic hydroxyl groups excluding tert-OH is 1. The molecule has 2 heterocycles. The molecular weight excluding hydrogens is 411 g/mol. The molecule has 1 aliphatic carbocycles. The molecule has 0 radical (unpaired) electrons. The summed E-state index contributed by atoms with van der Waals surface area (Å²) in [7, 11) is 0. The summed E-state index contributed by atoms with van der Waals surface area (Å²) in [6, 6.07) is 6.39. The predicted octanol–water partition coefficient (Wildman–Crippen LogP) is 3.38. The van der Waals surface area contributed by atoms with E-state index in [1.807, 2.05) is 13.8 Å². The summed E-state index contributed by atoms with van der Waals surface area (Å²) in [6.07, 6.45) is 4.06. The molecule has 3 atom stereocenters. The Morgan fingerprint density at radius 2 is 2.19 bits per heavy atom. The van der Waals surface area contributed by atoms with E-state index in [1.54, 1.807) is 6.07 Å². The maximum absolute atomic E-state index is 13.4. The van der Waals surface area contributed by atoms with Gasteiger partial charge in [-0.05, 0) is 43.4 Å². The highest BCUT2D eigenvalue weighted by Crippen LogP contribution is 2.38. The van der Waals surface area contributed by atoms with E-state index in [2.05, 4.69) is 32.0 Å². The van der Waals surface area contributed by atoms with Crippen LogP contribution in [-0.4, -0.2) is 39.7 Å². The van der Waals surface area contributed by atoms with E-state index in [4.69, 9.17) is 0 Å². The molecule has 1 aromatic heterocycles. The molecule has 168 valence electrons. The van der Waals surface area contributed by atoms with Crippen LogP contribution in [0, 0.1) is 22.6 Å². The lowest BCUT2D eigenvalue weighted by Crippen LogP contribution is -2.48. The second-order valence-electron chi connectivity index (χ2n) is 9.02. The number of aliphatic hydroxyl groups is 1. The van der Waals surface area contributed by atoms with Gasteiger partial charge in [0.1, 0.15) is 23.3 Å². The number of nitriles is 1. The number of nitrogens with one attached hydrogen (secondary N) is 3. The lowest BCUT2D eigenvalue weighted by molar-refractivity contribution is -0.117. The smallest absolute Gasteiger partial charge is 0.232 e. The van der Waals surface area contributed by atoms with E-state index < -0.39 is 6.10 Å². The average Bonchev–Trinajstić information content (AvgIpc) is 3.06. The fraction of sp³-hybridized carbons (Fsp3) is 0.478.